The monoisotopic (exact) mass is 226 g/mol. The molecule has 0 amide bonds. The molecule has 1 aromatic carbocycles. The standard InChI is InChI=1S/C15H18N2/c1-2-6-14-12(5-1)13-7-9-17-8-3-4-11(10-17)15(13)16-14/h1-2,5-6,11,16H,3-4,7-10H2. The lowest BCUT2D eigenvalue weighted by atomic mass is 9.93. The van der Waals surface area contributed by atoms with Crippen molar-refractivity contribution in [1.82, 2.24) is 9.88 Å². The number of piperidine rings is 1. The largest absolute Gasteiger partial charge is 0.358 e. The number of para-hydroxylation sites is 1. The van der Waals surface area contributed by atoms with Crippen molar-refractivity contribution < 1.29 is 0 Å². The van der Waals surface area contributed by atoms with Gasteiger partial charge in [0.2, 0.25) is 0 Å². The van der Waals surface area contributed by atoms with Crippen molar-refractivity contribution in [2.24, 2.45) is 0 Å². The summed E-state index contributed by atoms with van der Waals surface area (Å²) in [5.41, 5.74) is 4.46. The molecule has 0 aliphatic carbocycles. The van der Waals surface area contributed by atoms with E-state index in [0.29, 0.717) is 0 Å². The molecule has 2 unspecified atom stereocenters. The van der Waals surface area contributed by atoms with E-state index in [0.717, 1.165) is 5.92 Å². The number of nitrogens with zero attached hydrogens (tertiary/aromatic N) is 1. The molecule has 2 nitrogen and oxygen atoms in total. The van der Waals surface area contributed by atoms with Gasteiger partial charge in [-0.15, -0.1) is 0 Å². The molecule has 2 aromatic rings. The SMILES string of the molecule is c1ccc2c3c([nH]c2c1)C1CCCN(CC3)C1. The molecule has 0 radical (unpaired) electrons. The third-order valence-corrected chi connectivity index (χ3v) is 4.44. The molecule has 4 rings (SSSR count). The molecule has 2 aliphatic rings. The van der Waals surface area contributed by atoms with Gasteiger partial charge in [-0.3, -0.25) is 0 Å². The molecule has 17 heavy (non-hydrogen) atoms. The van der Waals surface area contributed by atoms with Crippen molar-refractivity contribution >= 4 is 10.9 Å². The van der Waals surface area contributed by atoms with Crippen LogP contribution in [0.3, 0.4) is 0 Å². The quantitative estimate of drug-likeness (QED) is 0.732. The van der Waals surface area contributed by atoms with Crippen LogP contribution in [0.5, 0.6) is 0 Å². The Kier molecular flexibility index (Phi) is 2.06. The Bertz CT molecular complexity index is 555. The van der Waals surface area contributed by atoms with Crippen LogP contribution in [-0.2, 0) is 6.42 Å². The minimum atomic E-state index is 0.744. The number of fused-ring (bicyclic) bond motifs is 6. The zero-order valence-corrected chi connectivity index (χ0v) is 10.1. The molecule has 2 atom stereocenters. The van der Waals surface area contributed by atoms with Crippen molar-refractivity contribution in [3.8, 4) is 0 Å². The highest BCUT2D eigenvalue weighted by Crippen LogP contribution is 2.35. The van der Waals surface area contributed by atoms with Gasteiger partial charge < -0.3 is 9.88 Å². The highest BCUT2D eigenvalue weighted by molar-refractivity contribution is 5.85. The van der Waals surface area contributed by atoms with E-state index in [1.807, 2.05) is 0 Å². The van der Waals surface area contributed by atoms with Crippen LogP contribution < -0.4 is 0 Å². The van der Waals surface area contributed by atoms with Crippen LogP contribution in [0.4, 0.5) is 0 Å². The van der Waals surface area contributed by atoms with Crippen LogP contribution in [0.1, 0.15) is 30.0 Å². The lowest BCUT2D eigenvalue weighted by molar-refractivity contribution is 0.217. The van der Waals surface area contributed by atoms with E-state index in [4.69, 9.17) is 0 Å². The highest BCUT2D eigenvalue weighted by atomic mass is 15.1. The van der Waals surface area contributed by atoms with Gasteiger partial charge >= 0.3 is 0 Å². The number of benzene rings is 1. The molecular weight excluding hydrogens is 208 g/mol. The first-order chi connectivity index (χ1) is 8.42. The molecule has 2 bridgehead atoms. The summed E-state index contributed by atoms with van der Waals surface area (Å²) in [7, 11) is 0. The van der Waals surface area contributed by atoms with Crippen LogP contribution in [-0.4, -0.2) is 29.5 Å². The second-order valence-electron chi connectivity index (χ2n) is 5.45. The molecule has 0 saturated carbocycles. The lowest BCUT2D eigenvalue weighted by Crippen LogP contribution is -2.33. The number of aromatic amines is 1. The summed E-state index contributed by atoms with van der Waals surface area (Å²) < 4.78 is 0. The number of aromatic nitrogens is 1. The third-order valence-electron chi connectivity index (χ3n) is 4.44. The fourth-order valence-electron chi connectivity index (χ4n) is 3.60. The minimum absolute atomic E-state index is 0.744. The first kappa shape index (κ1) is 9.72. The van der Waals surface area contributed by atoms with Gasteiger partial charge in [0.1, 0.15) is 0 Å². The number of hydrogen-bond donors (Lipinski definition) is 1. The Morgan fingerprint density at radius 3 is 3.12 bits per heavy atom. The van der Waals surface area contributed by atoms with Gasteiger partial charge in [-0.2, -0.15) is 0 Å². The van der Waals surface area contributed by atoms with Gasteiger partial charge in [-0.1, -0.05) is 18.2 Å². The van der Waals surface area contributed by atoms with Gasteiger partial charge in [-0.05, 0) is 37.4 Å². The number of hydrogen-bond acceptors (Lipinski definition) is 1. The molecule has 1 saturated heterocycles. The summed E-state index contributed by atoms with van der Waals surface area (Å²) in [6.07, 6.45) is 3.94. The third kappa shape index (κ3) is 1.44. The predicted molar refractivity (Wildman–Crippen MR) is 70.4 cm³/mol. The summed E-state index contributed by atoms with van der Waals surface area (Å²) in [5, 5.41) is 1.45. The van der Waals surface area contributed by atoms with E-state index in [1.165, 1.54) is 55.5 Å². The Morgan fingerprint density at radius 1 is 1.18 bits per heavy atom. The normalized spacial score (nSPS) is 27.8. The van der Waals surface area contributed by atoms with E-state index < -0.39 is 0 Å². The summed E-state index contributed by atoms with van der Waals surface area (Å²) in [6, 6.07) is 8.78. The van der Waals surface area contributed by atoms with Crippen molar-refractivity contribution in [2.45, 2.75) is 25.2 Å². The van der Waals surface area contributed by atoms with Crippen molar-refractivity contribution in [3.63, 3.8) is 0 Å². The fraction of sp³-hybridized carbons (Fsp3) is 0.467. The molecule has 3 heterocycles. The summed E-state index contributed by atoms with van der Waals surface area (Å²) >= 11 is 0. The average Bonchev–Trinajstić information content (AvgIpc) is 2.70. The van der Waals surface area contributed by atoms with Crippen molar-refractivity contribution in [1.29, 1.82) is 0 Å². The molecule has 88 valence electrons. The smallest absolute Gasteiger partial charge is 0.0459 e. The van der Waals surface area contributed by atoms with E-state index in [1.54, 1.807) is 5.56 Å². The maximum absolute atomic E-state index is 3.68. The summed E-state index contributed by atoms with van der Waals surface area (Å²) in [6.45, 7) is 3.81. The predicted octanol–water partition coefficient (Wildman–Crippen LogP) is 2.90. The second-order valence-corrected chi connectivity index (χ2v) is 5.45. The molecule has 2 aliphatic heterocycles. The van der Waals surface area contributed by atoms with Gasteiger partial charge in [0.25, 0.3) is 0 Å². The van der Waals surface area contributed by atoms with E-state index in [-0.39, 0.29) is 0 Å². The molecule has 0 spiro atoms. The molecule has 1 N–H and O–H groups in total. The molecular formula is C15H18N2. The van der Waals surface area contributed by atoms with Gasteiger partial charge in [0.15, 0.2) is 0 Å². The maximum Gasteiger partial charge on any atom is 0.0459 e. The highest BCUT2D eigenvalue weighted by Gasteiger charge is 2.28. The van der Waals surface area contributed by atoms with E-state index in [2.05, 4.69) is 34.1 Å². The van der Waals surface area contributed by atoms with Crippen molar-refractivity contribution in [3.05, 3.63) is 35.5 Å². The molecule has 1 fully saturated rings. The fourth-order valence-corrected chi connectivity index (χ4v) is 3.60. The summed E-state index contributed by atoms with van der Waals surface area (Å²) in [5.74, 6) is 0.744. The zero-order chi connectivity index (χ0) is 11.2. The number of rotatable bonds is 0. The van der Waals surface area contributed by atoms with Crippen LogP contribution in [0, 0.1) is 0 Å². The van der Waals surface area contributed by atoms with Gasteiger partial charge in [0.05, 0.1) is 0 Å². The first-order valence-corrected chi connectivity index (χ1v) is 6.73. The molecule has 1 aromatic heterocycles. The average molecular weight is 226 g/mol. The van der Waals surface area contributed by atoms with Gasteiger partial charge in [0, 0.05) is 35.6 Å². The Balaban J connectivity index is 1.91. The maximum atomic E-state index is 3.68. The topological polar surface area (TPSA) is 19.0 Å². The second kappa shape index (κ2) is 3.61. The van der Waals surface area contributed by atoms with Crippen LogP contribution in [0.2, 0.25) is 0 Å². The number of H-pyrrole nitrogens is 1. The first-order valence-electron chi connectivity index (χ1n) is 6.73. The minimum Gasteiger partial charge on any atom is -0.358 e. The Hall–Kier alpha value is -1.28. The van der Waals surface area contributed by atoms with E-state index in [9.17, 15) is 0 Å². The van der Waals surface area contributed by atoms with Crippen molar-refractivity contribution in [2.75, 3.05) is 19.6 Å². The Labute approximate surface area is 102 Å². The van der Waals surface area contributed by atoms with E-state index >= 15 is 0 Å². The van der Waals surface area contributed by atoms with Crippen LogP contribution >= 0.6 is 0 Å². The summed E-state index contributed by atoms with van der Waals surface area (Å²) in [4.78, 5) is 6.32. The van der Waals surface area contributed by atoms with Gasteiger partial charge in [-0.25, -0.2) is 0 Å². The Morgan fingerprint density at radius 2 is 2.12 bits per heavy atom. The van der Waals surface area contributed by atoms with Crippen LogP contribution in [0.25, 0.3) is 10.9 Å². The zero-order valence-electron chi connectivity index (χ0n) is 10.1. The number of nitrogens with one attached hydrogen (secondary N) is 1. The van der Waals surface area contributed by atoms with Crippen LogP contribution in [0.15, 0.2) is 24.3 Å². The molecule has 2 heteroatoms. The lowest BCUT2D eigenvalue weighted by Gasteiger charge is -2.29.